The van der Waals surface area contributed by atoms with Gasteiger partial charge < -0.3 is 15.4 Å². The number of hydrogen-bond donors (Lipinski definition) is 2. The Hall–Kier alpha value is -1.55. The Bertz CT molecular complexity index is 389. The second-order valence-corrected chi connectivity index (χ2v) is 4.29. The van der Waals surface area contributed by atoms with Crippen LogP contribution in [-0.4, -0.2) is 25.6 Å². The van der Waals surface area contributed by atoms with E-state index in [9.17, 15) is 4.79 Å². The topological polar surface area (TPSA) is 50.4 Å². The van der Waals surface area contributed by atoms with Crippen molar-refractivity contribution < 1.29 is 9.53 Å². The van der Waals surface area contributed by atoms with Gasteiger partial charge in [0.25, 0.3) is 0 Å². The highest BCUT2D eigenvalue weighted by Crippen LogP contribution is 2.24. The van der Waals surface area contributed by atoms with Crippen LogP contribution in [0.5, 0.6) is 5.75 Å². The molecule has 0 aliphatic heterocycles. The summed E-state index contributed by atoms with van der Waals surface area (Å²) in [5, 5.41) is 5.90. The predicted octanol–water partition coefficient (Wildman–Crippen LogP) is 1.94. The fourth-order valence-corrected chi connectivity index (χ4v) is 1.41. The number of amides is 1. The molecule has 0 fully saturated rings. The lowest BCUT2D eigenvalue weighted by Gasteiger charge is -2.12. The molecule has 1 amide bonds. The lowest BCUT2D eigenvalue weighted by molar-refractivity contribution is -0.115. The normalized spacial score (nSPS) is 10.4. The van der Waals surface area contributed by atoms with Crippen LogP contribution in [-0.2, 0) is 4.79 Å². The molecule has 4 heteroatoms. The van der Waals surface area contributed by atoms with Crippen LogP contribution in [0.2, 0.25) is 0 Å². The molecular weight excluding hydrogens is 216 g/mol. The number of rotatable bonds is 5. The molecule has 0 saturated heterocycles. The first-order chi connectivity index (χ1) is 8.02. The van der Waals surface area contributed by atoms with Gasteiger partial charge in [0.15, 0.2) is 0 Å². The average molecular weight is 236 g/mol. The first kappa shape index (κ1) is 13.5. The summed E-state index contributed by atoms with van der Waals surface area (Å²) < 4.78 is 5.19. The summed E-state index contributed by atoms with van der Waals surface area (Å²) in [6.45, 7) is 6.28. The van der Waals surface area contributed by atoms with Gasteiger partial charge in [0.2, 0.25) is 5.91 Å². The largest absolute Gasteiger partial charge is 0.495 e. The van der Waals surface area contributed by atoms with E-state index in [-0.39, 0.29) is 5.91 Å². The van der Waals surface area contributed by atoms with Gasteiger partial charge in [-0.05, 0) is 24.6 Å². The van der Waals surface area contributed by atoms with Crippen LogP contribution in [0.15, 0.2) is 18.2 Å². The zero-order valence-corrected chi connectivity index (χ0v) is 10.8. The van der Waals surface area contributed by atoms with Gasteiger partial charge in [0.1, 0.15) is 5.75 Å². The zero-order chi connectivity index (χ0) is 12.8. The summed E-state index contributed by atoms with van der Waals surface area (Å²) in [7, 11) is 1.59. The Morgan fingerprint density at radius 2 is 2.12 bits per heavy atom. The maximum absolute atomic E-state index is 11.7. The van der Waals surface area contributed by atoms with Crippen LogP contribution in [0.25, 0.3) is 0 Å². The Morgan fingerprint density at radius 1 is 1.41 bits per heavy atom. The molecule has 0 aromatic heterocycles. The highest BCUT2D eigenvalue weighted by Gasteiger charge is 2.07. The monoisotopic (exact) mass is 236 g/mol. The maximum Gasteiger partial charge on any atom is 0.238 e. The second-order valence-electron chi connectivity index (χ2n) is 4.29. The predicted molar refractivity (Wildman–Crippen MR) is 69.5 cm³/mol. The number of aryl methyl sites for hydroxylation is 1. The van der Waals surface area contributed by atoms with Crippen LogP contribution >= 0.6 is 0 Å². The van der Waals surface area contributed by atoms with Crippen molar-refractivity contribution in [2.45, 2.75) is 26.8 Å². The van der Waals surface area contributed by atoms with Gasteiger partial charge in [-0.15, -0.1) is 0 Å². The molecule has 0 aliphatic rings. The Kier molecular flexibility index (Phi) is 4.97. The van der Waals surface area contributed by atoms with E-state index in [2.05, 4.69) is 10.6 Å². The van der Waals surface area contributed by atoms with E-state index in [0.717, 1.165) is 5.56 Å². The second kappa shape index (κ2) is 6.25. The SMILES string of the molecule is COc1ccc(C)cc1NC(=O)CNC(C)C. The number of carbonyl (C=O) groups is 1. The van der Waals surface area contributed by atoms with Crippen molar-refractivity contribution >= 4 is 11.6 Å². The molecule has 0 radical (unpaired) electrons. The molecule has 0 bridgehead atoms. The van der Waals surface area contributed by atoms with Crippen LogP contribution < -0.4 is 15.4 Å². The molecular formula is C13H20N2O2. The van der Waals surface area contributed by atoms with Crippen molar-refractivity contribution in [1.29, 1.82) is 0 Å². The van der Waals surface area contributed by atoms with Gasteiger partial charge in [-0.1, -0.05) is 19.9 Å². The van der Waals surface area contributed by atoms with Gasteiger partial charge in [-0.3, -0.25) is 4.79 Å². The minimum atomic E-state index is -0.0670. The lowest BCUT2D eigenvalue weighted by atomic mass is 10.2. The number of ether oxygens (including phenoxy) is 1. The van der Waals surface area contributed by atoms with Gasteiger partial charge in [-0.2, -0.15) is 0 Å². The summed E-state index contributed by atoms with van der Waals surface area (Å²) in [6.07, 6.45) is 0. The summed E-state index contributed by atoms with van der Waals surface area (Å²) >= 11 is 0. The van der Waals surface area contributed by atoms with Crippen molar-refractivity contribution in [1.82, 2.24) is 5.32 Å². The molecule has 0 heterocycles. The van der Waals surface area contributed by atoms with Crippen molar-refractivity contribution in [3.05, 3.63) is 23.8 Å². The molecule has 1 aromatic carbocycles. The summed E-state index contributed by atoms with van der Waals surface area (Å²) in [6, 6.07) is 5.98. The molecule has 2 N–H and O–H groups in total. The number of methoxy groups -OCH3 is 1. The van der Waals surface area contributed by atoms with E-state index in [1.807, 2.05) is 39.0 Å². The van der Waals surface area contributed by atoms with E-state index < -0.39 is 0 Å². The molecule has 0 saturated carbocycles. The van der Waals surface area contributed by atoms with E-state index in [1.165, 1.54) is 0 Å². The third-order valence-corrected chi connectivity index (χ3v) is 2.30. The fourth-order valence-electron chi connectivity index (χ4n) is 1.41. The van der Waals surface area contributed by atoms with Crippen molar-refractivity contribution in [2.75, 3.05) is 19.0 Å². The minimum Gasteiger partial charge on any atom is -0.495 e. The van der Waals surface area contributed by atoms with Crippen LogP contribution in [0.1, 0.15) is 19.4 Å². The molecule has 1 aromatic rings. The molecule has 0 atom stereocenters. The highest BCUT2D eigenvalue weighted by atomic mass is 16.5. The lowest BCUT2D eigenvalue weighted by Crippen LogP contribution is -2.32. The molecule has 4 nitrogen and oxygen atoms in total. The van der Waals surface area contributed by atoms with Gasteiger partial charge in [-0.25, -0.2) is 0 Å². The quantitative estimate of drug-likeness (QED) is 0.821. The Balaban J connectivity index is 2.66. The molecule has 1 rings (SSSR count). The first-order valence-electron chi connectivity index (χ1n) is 5.71. The standard InChI is InChI=1S/C13H20N2O2/c1-9(2)14-8-13(16)15-11-7-10(3)5-6-12(11)17-4/h5-7,9,14H,8H2,1-4H3,(H,15,16). The maximum atomic E-state index is 11.7. The van der Waals surface area contributed by atoms with Crippen LogP contribution in [0, 0.1) is 6.92 Å². The number of carbonyl (C=O) groups excluding carboxylic acids is 1. The molecule has 94 valence electrons. The smallest absolute Gasteiger partial charge is 0.238 e. The molecule has 0 aliphatic carbocycles. The van der Waals surface area contributed by atoms with Gasteiger partial charge >= 0.3 is 0 Å². The molecule has 17 heavy (non-hydrogen) atoms. The van der Waals surface area contributed by atoms with Gasteiger partial charge in [0, 0.05) is 6.04 Å². The Morgan fingerprint density at radius 3 is 2.71 bits per heavy atom. The van der Waals surface area contributed by atoms with Crippen molar-refractivity contribution in [2.24, 2.45) is 0 Å². The van der Waals surface area contributed by atoms with Crippen molar-refractivity contribution in [3.8, 4) is 5.75 Å². The van der Waals surface area contributed by atoms with Crippen LogP contribution in [0.3, 0.4) is 0 Å². The number of nitrogens with one attached hydrogen (secondary N) is 2. The fraction of sp³-hybridized carbons (Fsp3) is 0.462. The van der Waals surface area contributed by atoms with E-state index in [4.69, 9.17) is 4.74 Å². The van der Waals surface area contributed by atoms with Gasteiger partial charge in [0.05, 0.1) is 19.3 Å². The first-order valence-corrected chi connectivity index (χ1v) is 5.71. The Labute approximate surface area is 102 Å². The average Bonchev–Trinajstić information content (AvgIpc) is 2.27. The van der Waals surface area contributed by atoms with Crippen LogP contribution in [0.4, 0.5) is 5.69 Å². The third kappa shape index (κ3) is 4.44. The molecule has 0 unspecified atom stereocenters. The number of benzene rings is 1. The summed E-state index contributed by atoms with van der Waals surface area (Å²) in [4.78, 5) is 11.7. The van der Waals surface area contributed by atoms with E-state index >= 15 is 0 Å². The summed E-state index contributed by atoms with van der Waals surface area (Å²) in [5.74, 6) is 0.607. The zero-order valence-electron chi connectivity index (χ0n) is 10.8. The number of anilines is 1. The molecule has 0 spiro atoms. The summed E-state index contributed by atoms with van der Waals surface area (Å²) in [5.41, 5.74) is 1.79. The minimum absolute atomic E-state index is 0.0670. The van der Waals surface area contributed by atoms with Crippen molar-refractivity contribution in [3.63, 3.8) is 0 Å². The van der Waals surface area contributed by atoms with E-state index in [1.54, 1.807) is 7.11 Å². The number of hydrogen-bond acceptors (Lipinski definition) is 3. The third-order valence-electron chi connectivity index (χ3n) is 2.30. The van der Waals surface area contributed by atoms with E-state index in [0.29, 0.717) is 24.0 Å². The highest BCUT2D eigenvalue weighted by molar-refractivity contribution is 5.93.